The summed E-state index contributed by atoms with van der Waals surface area (Å²) in [5.41, 5.74) is 0. The zero-order valence-corrected chi connectivity index (χ0v) is 14.0. The number of alkyl halides is 3. The highest BCUT2D eigenvalue weighted by Crippen LogP contribution is 2.25. The predicted octanol–water partition coefficient (Wildman–Crippen LogP) is 0.939. The predicted molar refractivity (Wildman–Crippen MR) is 81.2 cm³/mol. The SMILES string of the molecule is CN=C(NCC(C)C(=O)OC)N1CCN(C(C)C(F)(F)F)CC1. The summed E-state index contributed by atoms with van der Waals surface area (Å²) in [7, 11) is 2.94. The van der Waals surface area contributed by atoms with E-state index >= 15 is 0 Å². The molecule has 0 radical (unpaired) electrons. The zero-order valence-electron chi connectivity index (χ0n) is 14.0. The highest BCUT2D eigenvalue weighted by atomic mass is 19.4. The number of methoxy groups -OCH3 is 1. The number of hydrogen-bond donors (Lipinski definition) is 1. The third-order valence-corrected chi connectivity index (χ3v) is 4.02. The number of carbonyl (C=O) groups excluding carboxylic acids is 1. The number of guanidine groups is 1. The number of nitrogens with zero attached hydrogens (tertiary/aromatic N) is 3. The first-order valence-corrected chi connectivity index (χ1v) is 7.54. The summed E-state index contributed by atoms with van der Waals surface area (Å²) in [4.78, 5) is 18.8. The first kappa shape index (κ1) is 19.5. The van der Waals surface area contributed by atoms with Gasteiger partial charge in [-0.15, -0.1) is 0 Å². The van der Waals surface area contributed by atoms with Gasteiger partial charge in [-0.05, 0) is 6.92 Å². The molecule has 0 aromatic heterocycles. The Morgan fingerprint density at radius 2 is 1.83 bits per heavy atom. The molecule has 0 aromatic carbocycles. The van der Waals surface area contributed by atoms with Crippen LogP contribution in [0.5, 0.6) is 0 Å². The number of piperazine rings is 1. The van der Waals surface area contributed by atoms with Crippen molar-refractivity contribution in [3.8, 4) is 0 Å². The number of nitrogens with one attached hydrogen (secondary N) is 1. The lowest BCUT2D eigenvalue weighted by Gasteiger charge is -2.39. The van der Waals surface area contributed by atoms with Crippen molar-refractivity contribution in [2.24, 2.45) is 10.9 Å². The van der Waals surface area contributed by atoms with Gasteiger partial charge in [-0.1, -0.05) is 6.92 Å². The Kier molecular flexibility index (Phi) is 7.11. The van der Waals surface area contributed by atoms with E-state index in [0.29, 0.717) is 38.7 Å². The second kappa shape index (κ2) is 8.37. The number of carbonyl (C=O) groups is 1. The Hall–Kier alpha value is -1.51. The van der Waals surface area contributed by atoms with Gasteiger partial charge in [-0.3, -0.25) is 14.7 Å². The molecule has 2 unspecified atom stereocenters. The van der Waals surface area contributed by atoms with E-state index in [2.05, 4.69) is 15.0 Å². The normalized spacial score (nSPS) is 20.1. The molecule has 0 saturated carbocycles. The number of aliphatic imine (C=N–C) groups is 1. The molecule has 1 aliphatic heterocycles. The lowest BCUT2D eigenvalue weighted by atomic mass is 10.2. The Balaban J connectivity index is 2.50. The topological polar surface area (TPSA) is 57.2 Å². The van der Waals surface area contributed by atoms with E-state index in [-0.39, 0.29) is 11.9 Å². The number of hydrogen-bond acceptors (Lipinski definition) is 4. The molecule has 9 heteroatoms. The molecule has 1 saturated heterocycles. The van der Waals surface area contributed by atoms with Crippen LogP contribution >= 0.6 is 0 Å². The number of ether oxygens (including phenoxy) is 1. The van der Waals surface area contributed by atoms with E-state index in [1.54, 1.807) is 14.0 Å². The fourth-order valence-corrected chi connectivity index (χ4v) is 2.39. The molecule has 0 bridgehead atoms. The average Bonchev–Trinajstić information content (AvgIpc) is 2.53. The lowest BCUT2D eigenvalue weighted by molar-refractivity contribution is -0.181. The fraction of sp³-hybridized carbons (Fsp3) is 0.857. The van der Waals surface area contributed by atoms with Gasteiger partial charge in [0.2, 0.25) is 0 Å². The smallest absolute Gasteiger partial charge is 0.403 e. The van der Waals surface area contributed by atoms with E-state index in [0.717, 1.165) is 0 Å². The summed E-state index contributed by atoms with van der Waals surface area (Å²) in [6.45, 7) is 4.80. The van der Waals surface area contributed by atoms with Gasteiger partial charge in [0.1, 0.15) is 6.04 Å². The quantitative estimate of drug-likeness (QED) is 0.470. The fourth-order valence-electron chi connectivity index (χ4n) is 2.39. The first-order valence-electron chi connectivity index (χ1n) is 7.54. The van der Waals surface area contributed by atoms with E-state index in [4.69, 9.17) is 0 Å². The van der Waals surface area contributed by atoms with Gasteiger partial charge in [-0.25, -0.2) is 0 Å². The molecule has 6 nitrogen and oxygen atoms in total. The molecule has 2 atom stereocenters. The monoisotopic (exact) mass is 338 g/mol. The van der Waals surface area contributed by atoms with Gasteiger partial charge in [0.25, 0.3) is 0 Å². The van der Waals surface area contributed by atoms with Gasteiger partial charge in [0, 0.05) is 39.8 Å². The van der Waals surface area contributed by atoms with Gasteiger partial charge >= 0.3 is 12.1 Å². The van der Waals surface area contributed by atoms with Crippen molar-refractivity contribution < 1.29 is 22.7 Å². The molecule has 1 aliphatic rings. The van der Waals surface area contributed by atoms with Crippen LogP contribution in [0.2, 0.25) is 0 Å². The largest absolute Gasteiger partial charge is 0.469 e. The van der Waals surface area contributed by atoms with Crippen molar-refractivity contribution in [1.82, 2.24) is 15.1 Å². The number of halogens is 3. The second-order valence-corrected chi connectivity index (χ2v) is 5.59. The van der Waals surface area contributed by atoms with Crippen LogP contribution in [-0.4, -0.2) is 80.8 Å². The van der Waals surface area contributed by atoms with Crippen LogP contribution in [0, 0.1) is 5.92 Å². The standard InChI is InChI=1S/C14H25F3N4O2/c1-10(12(22)23-4)9-19-13(18-3)21-7-5-20(6-8-21)11(2)14(15,16)17/h10-11H,5-9H2,1-4H3,(H,18,19). The molecule has 1 heterocycles. The van der Waals surface area contributed by atoms with Gasteiger partial charge in [0.05, 0.1) is 13.0 Å². The van der Waals surface area contributed by atoms with E-state index < -0.39 is 12.2 Å². The molecule has 0 aromatic rings. The van der Waals surface area contributed by atoms with Crippen LogP contribution in [0.1, 0.15) is 13.8 Å². The van der Waals surface area contributed by atoms with Crippen molar-refractivity contribution in [2.45, 2.75) is 26.1 Å². The van der Waals surface area contributed by atoms with E-state index in [1.807, 2.05) is 4.90 Å². The van der Waals surface area contributed by atoms with E-state index in [1.165, 1.54) is 18.9 Å². The van der Waals surface area contributed by atoms with Gasteiger partial charge < -0.3 is 15.0 Å². The highest BCUT2D eigenvalue weighted by Gasteiger charge is 2.41. The zero-order chi connectivity index (χ0) is 17.6. The molecule has 1 fully saturated rings. The maximum Gasteiger partial charge on any atom is 0.403 e. The minimum atomic E-state index is -4.21. The molecule has 0 spiro atoms. The summed E-state index contributed by atoms with van der Waals surface area (Å²) in [5, 5.41) is 3.06. The molecule has 1 N–H and O–H groups in total. The molecular weight excluding hydrogens is 313 g/mol. The van der Waals surface area contributed by atoms with Crippen LogP contribution in [0.15, 0.2) is 4.99 Å². The lowest BCUT2D eigenvalue weighted by Crippen LogP contribution is -2.57. The van der Waals surface area contributed by atoms with Crippen molar-refractivity contribution in [3.05, 3.63) is 0 Å². The van der Waals surface area contributed by atoms with Crippen molar-refractivity contribution in [3.63, 3.8) is 0 Å². The highest BCUT2D eigenvalue weighted by molar-refractivity contribution is 5.81. The summed E-state index contributed by atoms with van der Waals surface area (Å²) in [6, 6.07) is -1.45. The van der Waals surface area contributed by atoms with Crippen LogP contribution in [0.4, 0.5) is 13.2 Å². The minimum Gasteiger partial charge on any atom is -0.469 e. The van der Waals surface area contributed by atoms with Crippen LogP contribution < -0.4 is 5.32 Å². The molecule has 0 aliphatic carbocycles. The third-order valence-electron chi connectivity index (χ3n) is 4.02. The molecule has 1 rings (SSSR count). The second-order valence-electron chi connectivity index (χ2n) is 5.59. The first-order chi connectivity index (χ1) is 10.7. The summed E-state index contributed by atoms with van der Waals surface area (Å²) >= 11 is 0. The van der Waals surface area contributed by atoms with Crippen molar-refractivity contribution >= 4 is 11.9 Å². The Morgan fingerprint density at radius 1 is 1.26 bits per heavy atom. The minimum absolute atomic E-state index is 0.313. The van der Waals surface area contributed by atoms with Crippen molar-refractivity contribution in [2.75, 3.05) is 46.9 Å². The third kappa shape index (κ3) is 5.56. The van der Waals surface area contributed by atoms with Crippen LogP contribution in [0.25, 0.3) is 0 Å². The number of rotatable bonds is 4. The average molecular weight is 338 g/mol. The molecular formula is C14H25F3N4O2. The Morgan fingerprint density at radius 3 is 2.26 bits per heavy atom. The maximum atomic E-state index is 12.7. The number of esters is 1. The van der Waals surface area contributed by atoms with E-state index in [9.17, 15) is 18.0 Å². The Bertz CT molecular complexity index is 421. The Labute approximate surface area is 134 Å². The maximum absolute atomic E-state index is 12.7. The summed E-state index contributed by atoms with van der Waals surface area (Å²) in [6.07, 6.45) is -4.21. The van der Waals surface area contributed by atoms with Gasteiger partial charge in [-0.2, -0.15) is 13.2 Å². The van der Waals surface area contributed by atoms with Crippen molar-refractivity contribution in [1.29, 1.82) is 0 Å². The van der Waals surface area contributed by atoms with Gasteiger partial charge in [0.15, 0.2) is 5.96 Å². The molecule has 23 heavy (non-hydrogen) atoms. The van der Waals surface area contributed by atoms with Crippen LogP contribution in [-0.2, 0) is 9.53 Å². The molecule has 0 amide bonds. The van der Waals surface area contributed by atoms with Crippen LogP contribution in [0.3, 0.4) is 0 Å². The summed E-state index contributed by atoms with van der Waals surface area (Å²) < 4.78 is 42.9. The summed E-state index contributed by atoms with van der Waals surface area (Å²) in [5.74, 6) is -0.0693. The molecule has 134 valence electrons.